The van der Waals surface area contributed by atoms with Crippen LogP contribution in [0.5, 0.6) is 0 Å². The van der Waals surface area contributed by atoms with Crippen molar-refractivity contribution in [3.63, 3.8) is 0 Å². The second kappa shape index (κ2) is 3.28. The Morgan fingerprint density at radius 2 is 2.18 bits per heavy atom. The maximum atomic E-state index is 4.18. The van der Waals surface area contributed by atoms with E-state index in [2.05, 4.69) is 9.98 Å². The van der Waals surface area contributed by atoms with E-state index in [0.29, 0.717) is 0 Å². The number of pyridine rings is 1. The highest BCUT2D eigenvalue weighted by molar-refractivity contribution is 5.61. The lowest BCUT2D eigenvalue weighted by atomic mass is 10.2. The van der Waals surface area contributed by atoms with Crippen molar-refractivity contribution < 1.29 is 0 Å². The van der Waals surface area contributed by atoms with Gasteiger partial charge in [0.25, 0.3) is 0 Å². The normalized spacial score (nSPS) is 10.8. The molecule has 0 spiro atoms. The Hall–Kier alpha value is -1.18. The molecule has 0 aromatic carbocycles. The quantitative estimate of drug-likeness (QED) is 0.561. The molecule has 0 unspecified atom stereocenters. The SMILES string of the molecule is C/C=N\c1cc(C)cnc1C. The average molecular weight is 148 g/mol. The first-order chi connectivity index (χ1) is 5.24. The molecule has 0 aliphatic rings. The maximum Gasteiger partial charge on any atom is 0.0840 e. The van der Waals surface area contributed by atoms with E-state index in [9.17, 15) is 0 Å². The van der Waals surface area contributed by atoms with Gasteiger partial charge in [-0.3, -0.25) is 9.98 Å². The second-order valence-electron chi connectivity index (χ2n) is 2.50. The Morgan fingerprint density at radius 1 is 1.45 bits per heavy atom. The molecule has 1 aromatic rings. The van der Waals surface area contributed by atoms with Gasteiger partial charge in [-0.15, -0.1) is 0 Å². The van der Waals surface area contributed by atoms with Crippen LogP contribution in [0.1, 0.15) is 18.2 Å². The molecule has 0 aliphatic heterocycles. The molecular weight excluding hydrogens is 136 g/mol. The summed E-state index contributed by atoms with van der Waals surface area (Å²) in [4.78, 5) is 8.36. The van der Waals surface area contributed by atoms with Crippen LogP contribution in [0.25, 0.3) is 0 Å². The molecule has 0 saturated carbocycles. The van der Waals surface area contributed by atoms with E-state index in [4.69, 9.17) is 0 Å². The van der Waals surface area contributed by atoms with Gasteiger partial charge in [-0.2, -0.15) is 0 Å². The minimum Gasteiger partial charge on any atom is -0.260 e. The summed E-state index contributed by atoms with van der Waals surface area (Å²) in [5, 5.41) is 0. The van der Waals surface area contributed by atoms with Crippen molar-refractivity contribution in [2.24, 2.45) is 4.99 Å². The summed E-state index contributed by atoms with van der Waals surface area (Å²) in [5.41, 5.74) is 3.09. The van der Waals surface area contributed by atoms with Crippen molar-refractivity contribution in [3.8, 4) is 0 Å². The van der Waals surface area contributed by atoms with Crippen LogP contribution in [0.2, 0.25) is 0 Å². The molecule has 0 bridgehead atoms. The van der Waals surface area contributed by atoms with Gasteiger partial charge in [0.2, 0.25) is 0 Å². The Bertz CT molecular complexity index is 277. The molecule has 11 heavy (non-hydrogen) atoms. The predicted octanol–water partition coefficient (Wildman–Crippen LogP) is 2.42. The predicted molar refractivity (Wildman–Crippen MR) is 47.5 cm³/mol. The van der Waals surface area contributed by atoms with Gasteiger partial charge < -0.3 is 0 Å². The minimum atomic E-state index is 0.965. The van der Waals surface area contributed by atoms with Crippen LogP contribution >= 0.6 is 0 Å². The van der Waals surface area contributed by atoms with Crippen LogP contribution in [0.15, 0.2) is 17.3 Å². The fraction of sp³-hybridized carbons (Fsp3) is 0.333. The Labute approximate surface area is 67.0 Å². The zero-order valence-electron chi connectivity index (χ0n) is 7.13. The van der Waals surface area contributed by atoms with E-state index in [1.807, 2.05) is 33.0 Å². The summed E-state index contributed by atoms with van der Waals surface area (Å²) in [7, 11) is 0. The molecule has 0 atom stereocenters. The average Bonchev–Trinajstić information content (AvgIpc) is 1.98. The van der Waals surface area contributed by atoms with Gasteiger partial charge in [-0.05, 0) is 32.4 Å². The van der Waals surface area contributed by atoms with Crippen molar-refractivity contribution in [2.45, 2.75) is 20.8 Å². The Balaban J connectivity index is 3.12. The van der Waals surface area contributed by atoms with E-state index in [1.165, 1.54) is 0 Å². The summed E-state index contributed by atoms with van der Waals surface area (Å²) >= 11 is 0. The molecule has 0 aliphatic carbocycles. The highest BCUT2D eigenvalue weighted by Gasteiger charge is 1.95. The first-order valence-electron chi connectivity index (χ1n) is 3.66. The fourth-order valence-corrected chi connectivity index (χ4v) is 0.892. The Morgan fingerprint density at radius 3 is 2.82 bits per heavy atom. The molecule has 1 rings (SSSR count). The summed E-state index contributed by atoms with van der Waals surface area (Å²) in [5.74, 6) is 0. The number of rotatable bonds is 1. The van der Waals surface area contributed by atoms with E-state index in [-0.39, 0.29) is 0 Å². The van der Waals surface area contributed by atoms with Gasteiger partial charge in [0, 0.05) is 12.4 Å². The lowest BCUT2D eigenvalue weighted by Crippen LogP contribution is -1.82. The van der Waals surface area contributed by atoms with Gasteiger partial charge >= 0.3 is 0 Å². The number of hydrogen-bond acceptors (Lipinski definition) is 2. The third-order valence-corrected chi connectivity index (χ3v) is 1.47. The summed E-state index contributed by atoms with van der Waals surface area (Å²) < 4.78 is 0. The van der Waals surface area contributed by atoms with E-state index in [0.717, 1.165) is 16.9 Å². The van der Waals surface area contributed by atoms with Crippen molar-refractivity contribution in [2.75, 3.05) is 0 Å². The van der Waals surface area contributed by atoms with Crippen LogP contribution < -0.4 is 0 Å². The van der Waals surface area contributed by atoms with Gasteiger partial charge in [0.05, 0.1) is 11.4 Å². The number of aryl methyl sites for hydroxylation is 2. The van der Waals surface area contributed by atoms with Crippen molar-refractivity contribution in [3.05, 3.63) is 23.5 Å². The van der Waals surface area contributed by atoms with Gasteiger partial charge in [0.15, 0.2) is 0 Å². The first kappa shape index (κ1) is 7.92. The monoisotopic (exact) mass is 148 g/mol. The van der Waals surface area contributed by atoms with Crippen molar-refractivity contribution in [1.82, 2.24) is 4.98 Å². The molecule has 1 aromatic heterocycles. The highest BCUT2D eigenvalue weighted by Crippen LogP contribution is 2.16. The zero-order valence-corrected chi connectivity index (χ0v) is 7.13. The zero-order chi connectivity index (χ0) is 8.27. The molecule has 0 N–H and O–H groups in total. The number of aliphatic imine (C=N–C) groups is 1. The molecule has 0 radical (unpaired) electrons. The molecule has 1 heterocycles. The lowest BCUT2D eigenvalue weighted by molar-refractivity contribution is 1.16. The van der Waals surface area contributed by atoms with E-state index < -0.39 is 0 Å². The first-order valence-corrected chi connectivity index (χ1v) is 3.66. The largest absolute Gasteiger partial charge is 0.260 e. The topological polar surface area (TPSA) is 25.2 Å². The number of hydrogen-bond donors (Lipinski definition) is 0. The van der Waals surface area contributed by atoms with Crippen LogP contribution in [0, 0.1) is 13.8 Å². The minimum absolute atomic E-state index is 0.965. The van der Waals surface area contributed by atoms with E-state index >= 15 is 0 Å². The van der Waals surface area contributed by atoms with Crippen LogP contribution in [0.4, 0.5) is 5.69 Å². The fourth-order valence-electron chi connectivity index (χ4n) is 0.892. The molecular formula is C9H12N2. The molecule has 2 heteroatoms. The summed E-state index contributed by atoms with van der Waals surface area (Å²) in [6.45, 7) is 5.88. The van der Waals surface area contributed by atoms with Gasteiger partial charge in [-0.1, -0.05) is 0 Å². The van der Waals surface area contributed by atoms with E-state index in [1.54, 1.807) is 6.21 Å². The summed E-state index contributed by atoms with van der Waals surface area (Å²) in [6.07, 6.45) is 3.63. The molecule has 0 amide bonds. The summed E-state index contributed by atoms with van der Waals surface area (Å²) in [6, 6.07) is 2.03. The smallest absolute Gasteiger partial charge is 0.0840 e. The third kappa shape index (κ3) is 1.87. The van der Waals surface area contributed by atoms with Crippen molar-refractivity contribution in [1.29, 1.82) is 0 Å². The van der Waals surface area contributed by atoms with Gasteiger partial charge in [-0.25, -0.2) is 0 Å². The highest BCUT2D eigenvalue weighted by atomic mass is 14.8. The van der Waals surface area contributed by atoms with Crippen LogP contribution in [0.3, 0.4) is 0 Å². The third-order valence-electron chi connectivity index (χ3n) is 1.47. The lowest BCUT2D eigenvalue weighted by Gasteiger charge is -1.98. The molecule has 58 valence electrons. The number of aromatic nitrogens is 1. The maximum absolute atomic E-state index is 4.18. The van der Waals surface area contributed by atoms with Crippen LogP contribution in [-0.4, -0.2) is 11.2 Å². The molecule has 2 nitrogen and oxygen atoms in total. The Kier molecular flexibility index (Phi) is 2.36. The van der Waals surface area contributed by atoms with Crippen LogP contribution in [-0.2, 0) is 0 Å². The molecule has 0 fully saturated rings. The van der Waals surface area contributed by atoms with Crippen molar-refractivity contribution >= 4 is 11.9 Å². The molecule has 0 saturated heterocycles. The standard InChI is InChI=1S/C9H12N2/c1-4-10-9-5-7(2)6-11-8(9)3/h4-6H,1-3H3/b10-4-. The van der Waals surface area contributed by atoms with Gasteiger partial charge in [0.1, 0.15) is 0 Å². The number of nitrogens with zero attached hydrogens (tertiary/aromatic N) is 2. The second-order valence-corrected chi connectivity index (χ2v) is 2.50.